The lowest BCUT2D eigenvalue weighted by molar-refractivity contribution is 0.0951. The Kier molecular flexibility index (Phi) is 5.80. The molecule has 0 saturated heterocycles. The van der Waals surface area contributed by atoms with Crippen LogP contribution in [0.5, 0.6) is 5.75 Å². The highest BCUT2D eigenvalue weighted by Gasteiger charge is 2.11. The summed E-state index contributed by atoms with van der Waals surface area (Å²) >= 11 is 0. The molecule has 0 unspecified atom stereocenters. The Hall–Kier alpha value is -3.60. The molecule has 0 fully saturated rings. The normalized spacial score (nSPS) is 10.9. The quantitative estimate of drug-likeness (QED) is 0.478. The lowest BCUT2D eigenvalue weighted by Gasteiger charge is -2.06. The van der Waals surface area contributed by atoms with Crippen LogP contribution in [0.3, 0.4) is 0 Å². The highest BCUT2D eigenvalue weighted by Crippen LogP contribution is 2.21. The van der Waals surface area contributed by atoms with Gasteiger partial charge in [-0.05, 0) is 53.4 Å². The third-order valence-corrected chi connectivity index (χ3v) is 5.09. The van der Waals surface area contributed by atoms with Gasteiger partial charge in [-0.25, -0.2) is 4.98 Å². The first-order valence-corrected chi connectivity index (χ1v) is 10.0. The number of oxazole rings is 1. The third kappa shape index (κ3) is 4.51. The van der Waals surface area contributed by atoms with Crippen molar-refractivity contribution in [3.63, 3.8) is 0 Å². The molecule has 4 rings (SSSR count). The number of amides is 1. The summed E-state index contributed by atoms with van der Waals surface area (Å²) in [5.41, 5.74) is 5.34. The fourth-order valence-electron chi connectivity index (χ4n) is 3.28. The van der Waals surface area contributed by atoms with E-state index in [0.717, 1.165) is 28.8 Å². The van der Waals surface area contributed by atoms with Crippen molar-refractivity contribution in [3.05, 3.63) is 94.9 Å². The summed E-state index contributed by atoms with van der Waals surface area (Å²) in [6.45, 7) is 2.61. The molecule has 0 radical (unpaired) electrons. The first-order chi connectivity index (χ1) is 14.6. The number of fused-ring (bicyclic) bond motifs is 1. The van der Waals surface area contributed by atoms with Crippen LogP contribution in [0.4, 0.5) is 0 Å². The van der Waals surface area contributed by atoms with Gasteiger partial charge in [0.2, 0.25) is 0 Å². The Morgan fingerprint density at radius 2 is 1.67 bits per heavy atom. The van der Waals surface area contributed by atoms with Crippen molar-refractivity contribution < 1.29 is 13.9 Å². The van der Waals surface area contributed by atoms with E-state index < -0.39 is 0 Å². The van der Waals surface area contributed by atoms with Crippen molar-refractivity contribution >= 4 is 17.0 Å². The summed E-state index contributed by atoms with van der Waals surface area (Å²) < 4.78 is 11.1. The summed E-state index contributed by atoms with van der Waals surface area (Å²) in [6.07, 6.45) is 1.58. The van der Waals surface area contributed by atoms with E-state index in [-0.39, 0.29) is 5.91 Å². The first kappa shape index (κ1) is 19.7. The minimum absolute atomic E-state index is 0.135. The fourth-order valence-corrected chi connectivity index (χ4v) is 3.28. The van der Waals surface area contributed by atoms with Gasteiger partial charge in [0.05, 0.1) is 7.11 Å². The summed E-state index contributed by atoms with van der Waals surface area (Å²) in [5, 5.41) is 2.96. The molecule has 5 nitrogen and oxygen atoms in total. The average molecular weight is 400 g/mol. The van der Waals surface area contributed by atoms with E-state index in [1.807, 2.05) is 42.5 Å². The lowest BCUT2D eigenvalue weighted by Crippen LogP contribution is -2.22. The highest BCUT2D eigenvalue weighted by molar-refractivity contribution is 5.97. The Morgan fingerprint density at radius 1 is 0.967 bits per heavy atom. The summed E-state index contributed by atoms with van der Waals surface area (Å²) in [6, 6.07) is 21.4. The summed E-state index contributed by atoms with van der Waals surface area (Å²) in [4.78, 5) is 17.1. The van der Waals surface area contributed by atoms with E-state index in [4.69, 9.17) is 9.15 Å². The van der Waals surface area contributed by atoms with Crippen LogP contribution in [0.2, 0.25) is 0 Å². The Morgan fingerprint density at radius 3 is 2.37 bits per heavy atom. The predicted molar refractivity (Wildman–Crippen MR) is 117 cm³/mol. The van der Waals surface area contributed by atoms with E-state index in [1.165, 1.54) is 5.56 Å². The van der Waals surface area contributed by atoms with Crippen LogP contribution in [0.15, 0.2) is 71.1 Å². The number of hydrogen-bond acceptors (Lipinski definition) is 4. The fraction of sp³-hybridized carbons (Fsp3) is 0.200. The number of carbonyl (C=O) groups is 1. The number of methoxy groups -OCH3 is 1. The molecule has 0 aliphatic heterocycles. The third-order valence-electron chi connectivity index (χ3n) is 5.09. The molecule has 5 heteroatoms. The molecular weight excluding hydrogens is 376 g/mol. The van der Waals surface area contributed by atoms with Gasteiger partial charge < -0.3 is 14.5 Å². The van der Waals surface area contributed by atoms with Gasteiger partial charge in [-0.2, -0.15) is 0 Å². The van der Waals surface area contributed by atoms with Gasteiger partial charge in [-0.3, -0.25) is 4.79 Å². The largest absolute Gasteiger partial charge is 0.497 e. The van der Waals surface area contributed by atoms with E-state index in [2.05, 4.69) is 29.4 Å². The van der Waals surface area contributed by atoms with Gasteiger partial charge in [-0.1, -0.05) is 43.3 Å². The Labute approximate surface area is 175 Å². The number of benzene rings is 3. The molecule has 1 N–H and O–H groups in total. The molecule has 4 aromatic rings. The molecule has 0 saturated carbocycles. The standard InChI is InChI=1S/C25H24N2O3/c1-3-17-4-6-19(7-5-17)16-26-25(28)20-10-13-22-23(15-20)30-24(27-22)14-18-8-11-21(29-2)12-9-18/h4-13,15H,3,14,16H2,1-2H3,(H,26,28). The molecule has 1 aromatic heterocycles. The van der Waals surface area contributed by atoms with Gasteiger partial charge in [-0.15, -0.1) is 0 Å². The topological polar surface area (TPSA) is 64.4 Å². The second-order valence-electron chi connectivity index (χ2n) is 7.17. The number of hydrogen-bond donors (Lipinski definition) is 1. The number of nitrogens with one attached hydrogen (secondary N) is 1. The highest BCUT2D eigenvalue weighted by atomic mass is 16.5. The van der Waals surface area contributed by atoms with Crippen molar-refractivity contribution in [3.8, 4) is 5.75 Å². The van der Waals surface area contributed by atoms with Gasteiger partial charge in [0.15, 0.2) is 11.5 Å². The van der Waals surface area contributed by atoms with Crippen LogP contribution in [-0.4, -0.2) is 18.0 Å². The number of aromatic nitrogens is 1. The zero-order valence-electron chi connectivity index (χ0n) is 17.1. The molecule has 0 atom stereocenters. The maximum Gasteiger partial charge on any atom is 0.251 e. The SMILES string of the molecule is CCc1ccc(CNC(=O)c2ccc3nc(Cc4ccc(OC)cc4)oc3c2)cc1. The van der Waals surface area contributed by atoms with Crippen LogP contribution >= 0.6 is 0 Å². The average Bonchev–Trinajstić information content (AvgIpc) is 3.19. The van der Waals surface area contributed by atoms with Crippen molar-refractivity contribution in [2.75, 3.05) is 7.11 Å². The van der Waals surface area contributed by atoms with E-state index in [0.29, 0.717) is 30.0 Å². The molecule has 0 bridgehead atoms. The van der Waals surface area contributed by atoms with Crippen LogP contribution in [0, 0.1) is 0 Å². The molecule has 1 heterocycles. The molecule has 30 heavy (non-hydrogen) atoms. The van der Waals surface area contributed by atoms with Gasteiger partial charge in [0, 0.05) is 18.5 Å². The summed E-state index contributed by atoms with van der Waals surface area (Å²) in [7, 11) is 1.64. The van der Waals surface area contributed by atoms with E-state index in [9.17, 15) is 4.79 Å². The number of nitrogens with zero attached hydrogens (tertiary/aromatic N) is 1. The molecule has 0 aliphatic rings. The monoisotopic (exact) mass is 400 g/mol. The zero-order chi connectivity index (χ0) is 20.9. The molecular formula is C25H24N2O3. The number of ether oxygens (including phenoxy) is 1. The lowest BCUT2D eigenvalue weighted by atomic mass is 10.1. The van der Waals surface area contributed by atoms with Crippen molar-refractivity contribution in [2.45, 2.75) is 26.3 Å². The molecule has 1 amide bonds. The Balaban J connectivity index is 1.43. The minimum Gasteiger partial charge on any atom is -0.497 e. The smallest absolute Gasteiger partial charge is 0.251 e. The van der Waals surface area contributed by atoms with Gasteiger partial charge in [0.25, 0.3) is 5.91 Å². The Bertz CT molecular complexity index is 1150. The van der Waals surface area contributed by atoms with Crippen LogP contribution in [-0.2, 0) is 19.4 Å². The van der Waals surface area contributed by atoms with Crippen LogP contribution in [0.1, 0.15) is 39.9 Å². The number of carbonyl (C=O) groups excluding carboxylic acids is 1. The van der Waals surface area contributed by atoms with Crippen molar-refractivity contribution in [2.24, 2.45) is 0 Å². The second kappa shape index (κ2) is 8.82. The van der Waals surface area contributed by atoms with Crippen LogP contribution in [0.25, 0.3) is 11.1 Å². The zero-order valence-corrected chi connectivity index (χ0v) is 17.1. The van der Waals surface area contributed by atoms with Crippen molar-refractivity contribution in [1.29, 1.82) is 0 Å². The molecule has 0 aliphatic carbocycles. The first-order valence-electron chi connectivity index (χ1n) is 10.0. The number of aryl methyl sites for hydroxylation is 1. The number of rotatable bonds is 7. The van der Waals surface area contributed by atoms with Gasteiger partial charge >= 0.3 is 0 Å². The molecule has 3 aromatic carbocycles. The van der Waals surface area contributed by atoms with E-state index in [1.54, 1.807) is 19.2 Å². The molecule has 152 valence electrons. The van der Waals surface area contributed by atoms with E-state index >= 15 is 0 Å². The van der Waals surface area contributed by atoms with Crippen LogP contribution < -0.4 is 10.1 Å². The molecule has 0 spiro atoms. The van der Waals surface area contributed by atoms with Gasteiger partial charge in [0.1, 0.15) is 11.3 Å². The van der Waals surface area contributed by atoms with Crippen molar-refractivity contribution in [1.82, 2.24) is 10.3 Å². The minimum atomic E-state index is -0.135. The maximum atomic E-state index is 12.6. The summed E-state index contributed by atoms with van der Waals surface area (Å²) in [5.74, 6) is 1.29. The predicted octanol–water partition coefficient (Wildman–Crippen LogP) is 4.92. The maximum absolute atomic E-state index is 12.6. The second-order valence-corrected chi connectivity index (χ2v) is 7.17.